The van der Waals surface area contributed by atoms with Crippen LogP contribution in [0.15, 0.2) is 36.4 Å². The van der Waals surface area contributed by atoms with E-state index >= 15 is 0 Å². The first-order chi connectivity index (χ1) is 20.1. The highest BCUT2D eigenvalue weighted by Gasteiger charge is 2.51. The average molecular weight is 602 g/mol. The number of carbonyl (C=O) groups excluding carboxylic acids is 1. The second kappa shape index (κ2) is 9.84. The summed E-state index contributed by atoms with van der Waals surface area (Å²) in [6, 6.07) is 14.1. The minimum atomic E-state index is -3.51. The Balaban J connectivity index is 1.44. The largest absolute Gasteiger partial charge is 0.444 e. The Morgan fingerprint density at radius 1 is 1.12 bits per heavy atom. The van der Waals surface area contributed by atoms with Crippen molar-refractivity contribution >= 4 is 38.4 Å². The Morgan fingerprint density at radius 3 is 2.51 bits per heavy atom. The van der Waals surface area contributed by atoms with Gasteiger partial charge in [0.2, 0.25) is 10.0 Å². The molecule has 1 amide bonds. The molecule has 3 aromatic rings. The smallest absolute Gasteiger partial charge is 0.410 e. The molecule has 1 aliphatic carbocycles. The molecule has 0 bridgehead atoms. The van der Waals surface area contributed by atoms with Crippen molar-refractivity contribution in [2.75, 3.05) is 42.1 Å². The second-order valence-electron chi connectivity index (χ2n) is 14.4. The summed E-state index contributed by atoms with van der Waals surface area (Å²) < 4.78 is 32.7. The van der Waals surface area contributed by atoms with E-state index in [1.807, 2.05) is 57.2 Å². The van der Waals surface area contributed by atoms with Crippen molar-refractivity contribution in [1.29, 1.82) is 5.26 Å². The standard InChI is InChI=1S/C33H39N5O4S/c1-31(2,3)42-30(39)38-19-33(20-38)11-12-37(18-33)29-26(17-34)28(25-15-32(4,5)16-27(25)35-29)24-14-22(36-43(6,40)41)13-21-9-7-8-10-23(21)24/h7-10,13-14,36H,11-12,15-16,18-20H2,1-6H3. The molecule has 43 heavy (non-hydrogen) atoms. The number of nitrogens with one attached hydrogen (secondary N) is 1. The highest BCUT2D eigenvalue weighted by atomic mass is 32.2. The van der Waals surface area contributed by atoms with E-state index in [2.05, 4.69) is 29.5 Å². The maximum atomic E-state index is 12.6. The van der Waals surface area contributed by atoms with Crippen molar-refractivity contribution in [3.8, 4) is 17.2 Å². The second-order valence-corrected chi connectivity index (χ2v) is 16.1. The number of aromatic nitrogens is 1. The van der Waals surface area contributed by atoms with Gasteiger partial charge in [0, 0.05) is 48.5 Å². The number of benzene rings is 2. The molecule has 0 radical (unpaired) electrons. The maximum absolute atomic E-state index is 12.6. The van der Waals surface area contributed by atoms with E-state index in [-0.39, 0.29) is 16.9 Å². The summed E-state index contributed by atoms with van der Waals surface area (Å²) in [5.74, 6) is 0.673. The minimum absolute atomic E-state index is 0.0258. The molecule has 10 heteroatoms. The van der Waals surface area contributed by atoms with Gasteiger partial charge in [0.15, 0.2) is 0 Å². The Morgan fingerprint density at radius 2 is 1.84 bits per heavy atom. The SMILES string of the molecule is CC1(C)Cc2nc(N3CCC4(CN(C(=O)OC(C)(C)C)C4)C3)c(C#N)c(-c3cc(NS(C)(=O)=O)cc4ccccc34)c2C1. The van der Waals surface area contributed by atoms with Gasteiger partial charge in [-0.25, -0.2) is 18.2 Å². The average Bonchev–Trinajstić information content (AvgIpc) is 3.44. The van der Waals surface area contributed by atoms with E-state index in [0.29, 0.717) is 36.7 Å². The molecule has 226 valence electrons. The van der Waals surface area contributed by atoms with Crippen LogP contribution in [0.25, 0.3) is 21.9 Å². The molecule has 2 fully saturated rings. The fraction of sp³-hybridized carbons (Fsp3) is 0.485. The van der Waals surface area contributed by atoms with Crippen LogP contribution in [0, 0.1) is 22.2 Å². The van der Waals surface area contributed by atoms with Crippen LogP contribution >= 0.6 is 0 Å². The van der Waals surface area contributed by atoms with Gasteiger partial charge in [0.05, 0.1) is 6.26 Å². The summed E-state index contributed by atoms with van der Waals surface area (Å²) in [6.07, 6.45) is 3.31. The lowest BCUT2D eigenvalue weighted by molar-refractivity contribution is -0.0266. The first kappa shape index (κ1) is 29.2. The van der Waals surface area contributed by atoms with E-state index in [0.717, 1.165) is 65.2 Å². The van der Waals surface area contributed by atoms with Gasteiger partial charge in [-0.15, -0.1) is 0 Å². The van der Waals surface area contributed by atoms with Crippen LogP contribution in [0.2, 0.25) is 0 Å². The van der Waals surface area contributed by atoms with Crippen LogP contribution in [0.1, 0.15) is 57.9 Å². The Hall–Kier alpha value is -3.84. The van der Waals surface area contributed by atoms with Crippen molar-refractivity contribution in [3.05, 3.63) is 53.2 Å². The van der Waals surface area contributed by atoms with Gasteiger partial charge in [0.25, 0.3) is 0 Å². The summed E-state index contributed by atoms with van der Waals surface area (Å²) in [7, 11) is -3.51. The van der Waals surface area contributed by atoms with Crippen LogP contribution in [-0.2, 0) is 27.6 Å². The lowest BCUT2D eigenvalue weighted by Crippen LogP contribution is -2.60. The van der Waals surface area contributed by atoms with Crippen molar-refractivity contribution in [2.24, 2.45) is 10.8 Å². The lowest BCUT2D eigenvalue weighted by Gasteiger charge is -2.47. The molecule has 2 aromatic carbocycles. The molecular formula is C33H39N5O4S. The number of nitrogens with zero attached hydrogens (tertiary/aromatic N) is 4. The predicted molar refractivity (Wildman–Crippen MR) is 169 cm³/mol. The summed E-state index contributed by atoms with van der Waals surface area (Å²) in [6.45, 7) is 12.7. The number of anilines is 2. The minimum Gasteiger partial charge on any atom is -0.444 e. The number of rotatable bonds is 4. The summed E-state index contributed by atoms with van der Waals surface area (Å²) in [5.41, 5.74) is 4.06. The van der Waals surface area contributed by atoms with Gasteiger partial charge in [-0.3, -0.25) is 4.72 Å². The lowest BCUT2D eigenvalue weighted by atomic mass is 9.79. The molecule has 9 nitrogen and oxygen atoms in total. The van der Waals surface area contributed by atoms with Gasteiger partial charge >= 0.3 is 6.09 Å². The Labute approximate surface area is 253 Å². The highest BCUT2D eigenvalue weighted by molar-refractivity contribution is 7.92. The number of amides is 1. The Bertz CT molecular complexity index is 1800. The summed E-state index contributed by atoms with van der Waals surface area (Å²) >= 11 is 0. The van der Waals surface area contributed by atoms with Gasteiger partial charge in [-0.2, -0.15) is 5.26 Å². The Kier molecular flexibility index (Phi) is 6.69. The molecule has 1 N–H and O–H groups in total. The molecule has 6 rings (SSSR count). The molecule has 0 unspecified atom stereocenters. The van der Waals surface area contributed by atoms with E-state index < -0.39 is 15.6 Å². The number of fused-ring (bicyclic) bond motifs is 2. The molecule has 2 aliphatic heterocycles. The monoisotopic (exact) mass is 601 g/mol. The third-order valence-corrected chi connectivity index (χ3v) is 9.26. The fourth-order valence-corrected chi connectivity index (χ4v) is 7.55. The highest BCUT2D eigenvalue weighted by Crippen LogP contribution is 2.48. The molecule has 1 spiro atoms. The number of hydrogen-bond acceptors (Lipinski definition) is 7. The van der Waals surface area contributed by atoms with Crippen molar-refractivity contribution in [2.45, 2.75) is 59.5 Å². The van der Waals surface area contributed by atoms with Gasteiger partial charge < -0.3 is 14.5 Å². The van der Waals surface area contributed by atoms with E-state index in [1.54, 1.807) is 4.90 Å². The first-order valence-electron chi connectivity index (χ1n) is 14.8. The molecule has 3 heterocycles. The molecule has 0 atom stereocenters. The zero-order chi connectivity index (χ0) is 30.9. The molecule has 1 aromatic heterocycles. The molecule has 3 aliphatic rings. The molecule has 2 saturated heterocycles. The number of likely N-dealkylation sites (tertiary alicyclic amines) is 1. The van der Waals surface area contributed by atoms with Gasteiger partial charge in [-0.05, 0) is 79.5 Å². The van der Waals surface area contributed by atoms with E-state index in [9.17, 15) is 18.5 Å². The van der Waals surface area contributed by atoms with Gasteiger partial charge in [0.1, 0.15) is 23.1 Å². The topological polar surface area (TPSA) is 116 Å². The maximum Gasteiger partial charge on any atom is 0.410 e. The molecule has 0 saturated carbocycles. The van der Waals surface area contributed by atoms with Crippen LogP contribution in [0.3, 0.4) is 0 Å². The zero-order valence-electron chi connectivity index (χ0n) is 25.7. The van der Waals surface area contributed by atoms with Crippen LogP contribution in [0.5, 0.6) is 0 Å². The van der Waals surface area contributed by atoms with Crippen molar-refractivity contribution < 1.29 is 17.9 Å². The number of ether oxygens (including phenoxy) is 1. The van der Waals surface area contributed by atoms with Gasteiger partial charge in [-0.1, -0.05) is 38.1 Å². The number of hydrogen-bond donors (Lipinski definition) is 1. The van der Waals surface area contributed by atoms with Crippen LogP contribution in [-0.4, -0.2) is 62.4 Å². The summed E-state index contributed by atoms with van der Waals surface area (Å²) in [5, 5.41) is 12.6. The van der Waals surface area contributed by atoms with E-state index in [1.165, 1.54) is 0 Å². The number of sulfonamides is 1. The quantitative estimate of drug-likeness (QED) is 0.407. The third-order valence-electron chi connectivity index (χ3n) is 8.65. The zero-order valence-corrected chi connectivity index (χ0v) is 26.6. The summed E-state index contributed by atoms with van der Waals surface area (Å²) in [4.78, 5) is 21.8. The van der Waals surface area contributed by atoms with E-state index in [4.69, 9.17) is 9.72 Å². The van der Waals surface area contributed by atoms with Crippen molar-refractivity contribution in [1.82, 2.24) is 9.88 Å². The van der Waals surface area contributed by atoms with Crippen LogP contribution < -0.4 is 9.62 Å². The fourth-order valence-electron chi connectivity index (χ4n) is 7.00. The molecular weight excluding hydrogens is 562 g/mol. The number of pyridine rings is 1. The number of nitriles is 1. The number of carbonyl (C=O) groups is 1. The predicted octanol–water partition coefficient (Wildman–Crippen LogP) is 5.72. The third kappa shape index (κ3) is 5.63. The van der Waals surface area contributed by atoms with Crippen molar-refractivity contribution in [3.63, 3.8) is 0 Å². The normalized spacial score (nSPS) is 18.8. The first-order valence-corrected chi connectivity index (χ1v) is 16.6. The van der Waals surface area contributed by atoms with Crippen LogP contribution in [0.4, 0.5) is 16.3 Å².